The zero-order chi connectivity index (χ0) is 12.6. The van der Waals surface area contributed by atoms with Gasteiger partial charge >= 0.3 is 0 Å². The largest absolute Gasteiger partial charge is 0.442 e. The monoisotopic (exact) mass is 292 g/mol. The second kappa shape index (κ2) is 4.81. The molecule has 1 rings (SSSR count). The summed E-state index contributed by atoms with van der Waals surface area (Å²) < 4.78 is 13.0. The van der Waals surface area contributed by atoms with Crippen molar-refractivity contribution in [2.45, 2.75) is 64.6 Å². The molecule has 0 aromatic rings. The summed E-state index contributed by atoms with van der Waals surface area (Å²) in [6.07, 6.45) is 0. The van der Waals surface area contributed by atoms with Crippen LogP contribution in [0.1, 0.15) is 20.8 Å². The molecule has 0 radical (unpaired) electrons. The van der Waals surface area contributed by atoms with Crippen LogP contribution in [0.15, 0.2) is 0 Å². The van der Waals surface area contributed by atoms with E-state index in [0.717, 1.165) is 0 Å². The lowest BCUT2D eigenvalue weighted by Gasteiger charge is -2.50. The normalized spacial score (nSPS) is 34.5. The summed E-state index contributed by atoms with van der Waals surface area (Å²) in [7, 11) is -3.76. The van der Waals surface area contributed by atoms with E-state index in [4.69, 9.17) is 8.54 Å². The molecule has 0 bridgehead atoms. The van der Waals surface area contributed by atoms with Gasteiger partial charge in [-0.3, -0.25) is 0 Å². The van der Waals surface area contributed by atoms with Crippen molar-refractivity contribution in [3.05, 3.63) is 0 Å². The molecular formula is C10H28O2Si4. The smallest absolute Gasteiger partial charge is 0.295 e. The van der Waals surface area contributed by atoms with E-state index < -0.39 is 24.7 Å². The van der Waals surface area contributed by atoms with Crippen LogP contribution in [-0.4, -0.2) is 38.9 Å². The van der Waals surface area contributed by atoms with Crippen molar-refractivity contribution in [2.24, 2.45) is 0 Å². The Bertz CT molecular complexity index is 237. The third-order valence-corrected chi connectivity index (χ3v) is 34.1. The van der Waals surface area contributed by atoms with Gasteiger partial charge in [0.2, 0.25) is 0 Å². The zero-order valence-corrected chi connectivity index (χ0v) is 16.6. The lowest BCUT2D eigenvalue weighted by atomic mass is 10.2. The first kappa shape index (κ1) is 14.8. The van der Waals surface area contributed by atoms with Gasteiger partial charge < -0.3 is 8.54 Å². The van der Waals surface area contributed by atoms with Crippen molar-refractivity contribution in [2.75, 3.05) is 0 Å². The van der Waals surface area contributed by atoms with Gasteiger partial charge in [-0.05, 0) is 39.0 Å². The van der Waals surface area contributed by atoms with Crippen LogP contribution in [0.3, 0.4) is 0 Å². The Morgan fingerprint density at radius 3 is 2.31 bits per heavy atom. The number of hydrogen-bond donors (Lipinski definition) is 0. The summed E-state index contributed by atoms with van der Waals surface area (Å²) in [6, 6.07) is 2.52. The van der Waals surface area contributed by atoms with Crippen LogP contribution in [0.5, 0.6) is 0 Å². The van der Waals surface area contributed by atoms with E-state index in [0.29, 0.717) is 0 Å². The molecule has 2 nitrogen and oxygen atoms in total. The molecule has 0 spiro atoms. The lowest BCUT2D eigenvalue weighted by Crippen LogP contribution is -2.68. The van der Waals surface area contributed by atoms with Crippen LogP contribution < -0.4 is 0 Å². The Kier molecular flexibility index (Phi) is 4.46. The van der Waals surface area contributed by atoms with Crippen molar-refractivity contribution in [3.63, 3.8) is 0 Å². The van der Waals surface area contributed by atoms with Crippen molar-refractivity contribution >= 4 is 33.3 Å². The highest BCUT2D eigenvalue weighted by Crippen LogP contribution is 2.36. The Morgan fingerprint density at radius 1 is 1.38 bits per heavy atom. The fourth-order valence-electron chi connectivity index (χ4n) is 3.30. The molecule has 0 N–H and O–H groups in total. The van der Waals surface area contributed by atoms with Gasteiger partial charge in [0, 0.05) is 7.59 Å². The third kappa shape index (κ3) is 3.92. The lowest BCUT2D eigenvalue weighted by molar-refractivity contribution is 0.0945. The molecule has 1 fully saturated rings. The maximum absolute atomic E-state index is 6.50. The Morgan fingerprint density at radius 2 is 1.94 bits per heavy atom. The highest BCUT2D eigenvalue weighted by atomic mass is 29.6. The minimum Gasteiger partial charge on any atom is -0.442 e. The molecule has 1 aliphatic heterocycles. The van der Waals surface area contributed by atoms with Crippen LogP contribution in [-0.2, 0) is 8.54 Å². The van der Waals surface area contributed by atoms with Crippen LogP contribution >= 0.6 is 0 Å². The van der Waals surface area contributed by atoms with Gasteiger partial charge in [-0.15, -0.1) is 0 Å². The number of hydrogen-bond acceptors (Lipinski definition) is 2. The van der Waals surface area contributed by atoms with E-state index in [9.17, 15) is 0 Å². The Labute approximate surface area is 107 Å². The van der Waals surface area contributed by atoms with Gasteiger partial charge in [0.05, 0.1) is 14.2 Å². The van der Waals surface area contributed by atoms with E-state index in [-0.39, 0.29) is 14.2 Å². The molecule has 16 heavy (non-hydrogen) atoms. The summed E-state index contributed by atoms with van der Waals surface area (Å²) in [5.74, 6) is 0. The van der Waals surface area contributed by atoms with E-state index in [1.807, 2.05) is 0 Å². The Hall–Kier alpha value is 0.788. The van der Waals surface area contributed by atoms with Gasteiger partial charge in [0.1, 0.15) is 0 Å². The van der Waals surface area contributed by atoms with Crippen molar-refractivity contribution in [3.8, 4) is 0 Å². The topological polar surface area (TPSA) is 18.5 Å². The minimum absolute atomic E-state index is 0.0898. The fraction of sp³-hybridized carbons (Fsp3) is 1.00. The zero-order valence-electron chi connectivity index (χ0n) is 12.0. The van der Waals surface area contributed by atoms with Gasteiger partial charge in [-0.2, -0.15) is 0 Å². The summed E-state index contributed by atoms with van der Waals surface area (Å²) in [4.78, 5) is 0. The summed E-state index contributed by atoms with van der Waals surface area (Å²) in [5.41, 5.74) is 0.0898. The van der Waals surface area contributed by atoms with E-state index in [1.54, 1.807) is 0 Å². The standard InChI is InChI=1S/C10H28O2Si4/c1-8-16(12-14(4)5)11-10(2,3)9-15(6,7)13-16/h14H,8-9,13H2,1-7H3. The first-order chi connectivity index (χ1) is 7.10. The molecule has 0 aliphatic carbocycles. The molecule has 1 saturated heterocycles. The average molecular weight is 293 g/mol. The molecule has 0 aromatic carbocycles. The van der Waals surface area contributed by atoms with E-state index >= 15 is 0 Å². The van der Waals surface area contributed by atoms with Crippen LogP contribution in [0.25, 0.3) is 0 Å². The van der Waals surface area contributed by atoms with Gasteiger partial charge in [0.15, 0.2) is 9.04 Å². The van der Waals surface area contributed by atoms with E-state index in [1.165, 1.54) is 12.1 Å². The van der Waals surface area contributed by atoms with Gasteiger partial charge in [-0.25, -0.2) is 0 Å². The molecule has 1 unspecified atom stereocenters. The average Bonchev–Trinajstić information content (AvgIpc) is 1.96. The molecular weight excluding hydrogens is 264 g/mol. The molecule has 6 heteroatoms. The second-order valence-electron chi connectivity index (χ2n) is 6.81. The molecule has 96 valence electrons. The molecule has 0 saturated carbocycles. The second-order valence-corrected chi connectivity index (χ2v) is 30.8. The van der Waals surface area contributed by atoms with Crippen molar-refractivity contribution in [1.82, 2.24) is 0 Å². The van der Waals surface area contributed by atoms with Crippen molar-refractivity contribution in [1.29, 1.82) is 0 Å². The molecule has 1 heterocycles. The third-order valence-electron chi connectivity index (χ3n) is 3.10. The summed E-state index contributed by atoms with van der Waals surface area (Å²) in [6.45, 7) is 16.5. The number of rotatable bonds is 3. The summed E-state index contributed by atoms with van der Waals surface area (Å²) >= 11 is 0. The van der Waals surface area contributed by atoms with Gasteiger partial charge in [0.25, 0.3) is 8.08 Å². The maximum atomic E-state index is 6.50. The first-order valence-corrected chi connectivity index (χ1v) is 19.1. The molecule has 0 aromatic heterocycles. The molecule has 1 aliphatic rings. The quantitative estimate of drug-likeness (QED) is 0.742. The Balaban J connectivity index is 2.92. The minimum atomic E-state index is -1.73. The van der Waals surface area contributed by atoms with Gasteiger partial charge in [-0.1, -0.05) is 20.0 Å². The highest BCUT2D eigenvalue weighted by Gasteiger charge is 2.52. The fourth-order valence-corrected chi connectivity index (χ4v) is 45.4. The SMILES string of the molecule is CC[Si]1(O[SiH](C)C)OC(C)(C)C[Si](C)(C)[SiH2]1. The highest BCUT2D eigenvalue weighted by molar-refractivity contribution is 7.51. The first-order valence-electron chi connectivity index (χ1n) is 6.48. The van der Waals surface area contributed by atoms with E-state index in [2.05, 4.69) is 47.0 Å². The predicted molar refractivity (Wildman–Crippen MR) is 82.2 cm³/mol. The molecule has 0 amide bonds. The molecule has 1 atom stereocenters. The van der Waals surface area contributed by atoms with Crippen LogP contribution in [0.4, 0.5) is 0 Å². The maximum Gasteiger partial charge on any atom is 0.295 e. The predicted octanol–water partition coefficient (Wildman–Crippen LogP) is 2.13. The van der Waals surface area contributed by atoms with Crippen LogP contribution in [0.2, 0.25) is 38.3 Å². The summed E-state index contributed by atoms with van der Waals surface area (Å²) in [5, 5.41) is 0. The van der Waals surface area contributed by atoms with Crippen molar-refractivity contribution < 1.29 is 8.54 Å². The van der Waals surface area contributed by atoms with Crippen LogP contribution in [0, 0.1) is 0 Å².